The number of thiophene rings is 1. The number of aromatic nitrogens is 1. The van der Waals surface area contributed by atoms with Gasteiger partial charge in [-0.15, -0.1) is 11.3 Å². The lowest BCUT2D eigenvalue weighted by atomic mass is 10.2. The van der Waals surface area contributed by atoms with E-state index in [1.807, 2.05) is 0 Å². The van der Waals surface area contributed by atoms with Crippen molar-refractivity contribution in [1.29, 1.82) is 0 Å². The number of nitrogens with zero attached hydrogens (tertiary/aromatic N) is 1. The SMILES string of the molecule is Brc1sccc1-n1c2ccccc2c2ccccc21. The molecule has 0 spiro atoms. The third-order valence-corrected chi connectivity index (χ3v) is 5.07. The maximum Gasteiger partial charge on any atom is 0.0938 e. The summed E-state index contributed by atoms with van der Waals surface area (Å²) in [5, 5.41) is 4.72. The largest absolute Gasteiger partial charge is 0.307 e. The number of hydrogen-bond donors (Lipinski definition) is 0. The van der Waals surface area contributed by atoms with Crippen LogP contribution in [-0.2, 0) is 0 Å². The van der Waals surface area contributed by atoms with E-state index in [2.05, 4.69) is 80.5 Å². The third-order valence-electron chi connectivity index (χ3n) is 3.42. The van der Waals surface area contributed by atoms with Crippen molar-refractivity contribution < 1.29 is 0 Å². The molecule has 0 saturated heterocycles. The fourth-order valence-electron chi connectivity index (χ4n) is 2.63. The predicted molar refractivity (Wildman–Crippen MR) is 86.4 cm³/mol. The summed E-state index contributed by atoms with van der Waals surface area (Å²) in [5.74, 6) is 0. The lowest BCUT2D eigenvalue weighted by molar-refractivity contribution is 1.19. The van der Waals surface area contributed by atoms with Gasteiger partial charge in [0.15, 0.2) is 0 Å². The quantitative estimate of drug-likeness (QED) is 0.428. The first kappa shape index (κ1) is 11.3. The summed E-state index contributed by atoms with van der Waals surface area (Å²) < 4.78 is 3.49. The van der Waals surface area contributed by atoms with E-state index in [4.69, 9.17) is 0 Å². The molecule has 19 heavy (non-hydrogen) atoms. The number of fused-ring (bicyclic) bond motifs is 3. The van der Waals surface area contributed by atoms with Crippen molar-refractivity contribution in [2.75, 3.05) is 0 Å². The summed E-state index contributed by atoms with van der Waals surface area (Å²) >= 11 is 5.37. The van der Waals surface area contributed by atoms with Gasteiger partial charge in [-0.25, -0.2) is 0 Å². The maximum absolute atomic E-state index is 3.66. The zero-order chi connectivity index (χ0) is 12.8. The van der Waals surface area contributed by atoms with Crippen LogP contribution in [0.1, 0.15) is 0 Å². The molecule has 0 N–H and O–H groups in total. The third kappa shape index (κ3) is 1.58. The maximum atomic E-state index is 3.66. The highest BCUT2D eigenvalue weighted by atomic mass is 79.9. The highest BCUT2D eigenvalue weighted by Gasteiger charge is 2.13. The smallest absolute Gasteiger partial charge is 0.0938 e. The molecule has 4 rings (SSSR count). The van der Waals surface area contributed by atoms with Gasteiger partial charge in [-0.3, -0.25) is 0 Å². The summed E-state index contributed by atoms with van der Waals surface area (Å²) in [5.41, 5.74) is 3.72. The Bertz CT molecular complexity index is 835. The lowest BCUT2D eigenvalue weighted by Gasteiger charge is -2.05. The number of hydrogen-bond acceptors (Lipinski definition) is 1. The van der Waals surface area contributed by atoms with Crippen LogP contribution in [0.5, 0.6) is 0 Å². The van der Waals surface area contributed by atoms with Gasteiger partial charge < -0.3 is 4.57 Å². The Morgan fingerprint density at radius 2 is 1.37 bits per heavy atom. The van der Waals surface area contributed by atoms with Crippen molar-refractivity contribution in [2.45, 2.75) is 0 Å². The molecular formula is C16H10BrNS. The van der Waals surface area contributed by atoms with Gasteiger partial charge in [0, 0.05) is 10.8 Å². The van der Waals surface area contributed by atoms with Gasteiger partial charge in [0.1, 0.15) is 0 Å². The van der Waals surface area contributed by atoms with Gasteiger partial charge >= 0.3 is 0 Å². The zero-order valence-corrected chi connectivity index (χ0v) is 12.4. The highest BCUT2D eigenvalue weighted by molar-refractivity contribution is 9.11. The summed E-state index contributed by atoms with van der Waals surface area (Å²) in [4.78, 5) is 0. The van der Waals surface area contributed by atoms with E-state index in [1.165, 1.54) is 31.3 Å². The molecule has 2 aromatic carbocycles. The van der Waals surface area contributed by atoms with Crippen LogP contribution >= 0.6 is 27.3 Å². The van der Waals surface area contributed by atoms with E-state index in [-0.39, 0.29) is 0 Å². The Morgan fingerprint density at radius 3 is 1.89 bits per heavy atom. The number of benzene rings is 2. The van der Waals surface area contributed by atoms with E-state index in [1.54, 1.807) is 11.3 Å². The minimum absolute atomic E-state index is 1.17. The van der Waals surface area contributed by atoms with Gasteiger partial charge in [0.25, 0.3) is 0 Å². The standard InChI is InChI=1S/C16H10BrNS/c17-16-15(9-10-19-16)18-13-7-3-1-5-11(13)12-6-2-4-8-14(12)18/h1-10H. The van der Waals surface area contributed by atoms with Gasteiger partial charge in [0.2, 0.25) is 0 Å². The van der Waals surface area contributed by atoms with Crippen molar-refractivity contribution in [2.24, 2.45) is 0 Å². The van der Waals surface area contributed by atoms with E-state index >= 15 is 0 Å². The van der Waals surface area contributed by atoms with E-state index in [0.29, 0.717) is 0 Å². The second kappa shape index (κ2) is 4.22. The van der Waals surface area contributed by atoms with Crippen LogP contribution in [0.2, 0.25) is 0 Å². The molecule has 1 nitrogen and oxygen atoms in total. The molecule has 92 valence electrons. The van der Waals surface area contributed by atoms with Crippen LogP contribution in [0.3, 0.4) is 0 Å². The van der Waals surface area contributed by atoms with Gasteiger partial charge in [-0.1, -0.05) is 36.4 Å². The number of para-hydroxylation sites is 2. The molecule has 4 aromatic rings. The van der Waals surface area contributed by atoms with Gasteiger partial charge in [-0.05, 0) is 39.5 Å². The van der Waals surface area contributed by atoms with Crippen LogP contribution in [0.15, 0.2) is 63.8 Å². The predicted octanol–water partition coefficient (Wildman–Crippen LogP) is 5.61. The lowest BCUT2D eigenvalue weighted by Crippen LogP contribution is -1.91. The summed E-state index contributed by atoms with van der Waals surface area (Å²) in [6, 6.07) is 19.3. The number of halogens is 1. The van der Waals surface area contributed by atoms with Crippen LogP contribution < -0.4 is 0 Å². The Hall–Kier alpha value is -1.58. The van der Waals surface area contributed by atoms with Crippen LogP contribution in [0.4, 0.5) is 0 Å². The molecule has 0 aliphatic carbocycles. The summed E-state index contributed by atoms with van der Waals surface area (Å²) in [7, 11) is 0. The molecule has 0 aliphatic rings. The van der Waals surface area contributed by atoms with Crippen molar-refractivity contribution in [3.8, 4) is 5.69 Å². The summed E-state index contributed by atoms with van der Waals surface area (Å²) in [6.07, 6.45) is 0. The van der Waals surface area contributed by atoms with Crippen molar-refractivity contribution in [3.05, 3.63) is 63.8 Å². The van der Waals surface area contributed by atoms with Crippen LogP contribution in [0, 0.1) is 0 Å². The Kier molecular flexibility index (Phi) is 2.50. The van der Waals surface area contributed by atoms with Crippen molar-refractivity contribution >= 4 is 49.1 Å². The topological polar surface area (TPSA) is 4.93 Å². The molecule has 3 heteroatoms. The normalized spacial score (nSPS) is 11.4. The van der Waals surface area contributed by atoms with Crippen LogP contribution in [-0.4, -0.2) is 4.57 Å². The minimum atomic E-state index is 1.17. The monoisotopic (exact) mass is 327 g/mol. The first-order valence-corrected chi connectivity index (χ1v) is 7.75. The molecule has 0 radical (unpaired) electrons. The average Bonchev–Trinajstić information content (AvgIpc) is 3.00. The first-order chi connectivity index (χ1) is 9.36. The van der Waals surface area contributed by atoms with E-state index in [9.17, 15) is 0 Å². The average molecular weight is 328 g/mol. The van der Waals surface area contributed by atoms with Crippen molar-refractivity contribution in [1.82, 2.24) is 4.57 Å². The number of rotatable bonds is 1. The minimum Gasteiger partial charge on any atom is -0.307 e. The van der Waals surface area contributed by atoms with E-state index in [0.717, 1.165) is 0 Å². The van der Waals surface area contributed by atoms with E-state index < -0.39 is 0 Å². The molecule has 0 unspecified atom stereocenters. The molecule has 2 aromatic heterocycles. The fraction of sp³-hybridized carbons (Fsp3) is 0. The molecule has 2 heterocycles. The zero-order valence-electron chi connectivity index (χ0n) is 10.0. The molecule has 0 amide bonds. The van der Waals surface area contributed by atoms with Crippen molar-refractivity contribution in [3.63, 3.8) is 0 Å². The molecule has 0 atom stereocenters. The molecule has 0 bridgehead atoms. The highest BCUT2D eigenvalue weighted by Crippen LogP contribution is 2.36. The fourth-order valence-corrected chi connectivity index (χ4v) is 3.86. The van der Waals surface area contributed by atoms with Gasteiger partial charge in [-0.2, -0.15) is 0 Å². The van der Waals surface area contributed by atoms with Crippen LogP contribution in [0.25, 0.3) is 27.5 Å². The molecule has 0 fully saturated rings. The van der Waals surface area contributed by atoms with Gasteiger partial charge in [0.05, 0.1) is 20.5 Å². The second-order valence-electron chi connectivity index (χ2n) is 4.45. The second-order valence-corrected chi connectivity index (χ2v) is 6.68. The first-order valence-electron chi connectivity index (χ1n) is 6.08. The Morgan fingerprint density at radius 1 is 0.789 bits per heavy atom. The Balaban J connectivity index is 2.27. The summed E-state index contributed by atoms with van der Waals surface area (Å²) in [6.45, 7) is 0. The Labute approximate surface area is 123 Å². The molecule has 0 saturated carbocycles. The molecular weight excluding hydrogens is 318 g/mol. The molecule has 0 aliphatic heterocycles.